The van der Waals surface area contributed by atoms with Crippen molar-refractivity contribution in [1.29, 1.82) is 0 Å². The van der Waals surface area contributed by atoms with Crippen LogP contribution in [-0.4, -0.2) is 26.5 Å². The van der Waals surface area contributed by atoms with Crippen LogP contribution in [0.3, 0.4) is 0 Å². The highest BCUT2D eigenvalue weighted by Gasteiger charge is 2.12. The monoisotopic (exact) mass is 289 g/mol. The molecular formula is C14H19N5S. The molecule has 0 radical (unpaired) electrons. The highest BCUT2D eigenvalue weighted by molar-refractivity contribution is 7.99. The van der Waals surface area contributed by atoms with Crippen molar-refractivity contribution in [3.8, 4) is 0 Å². The zero-order valence-electron chi connectivity index (χ0n) is 12.3. The third kappa shape index (κ3) is 3.45. The lowest BCUT2D eigenvalue weighted by Crippen LogP contribution is -2.07. The molecule has 0 aliphatic rings. The summed E-state index contributed by atoms with van der Waals surface area (Å²) in [6.07, 6.45) is 2.58. The first-order valence-electron chi connectivity index (χ1n) is 6.73. The Hall–Kier alpha value is -1.69. The normalized spacial score (nSPS) is 10.6. The molecule has 5 nitrogen and oxygen atoms in total. The summed E-state index contributed by atoms with van der Waals surface area (Å²) in [6.45, 7) is 8.93. The Kier molecular flexibility index (Phi) is 4.89. The summed E-state index contributed by atoms with van der Waals surface area (Å²) in [5.74, 6) is 1.73. The van der Waals surface area contributed by atoms with Crippen LogP contribution in [0.15, 0.2) is 22.4 Å². The molecule has 6 heteroatoms. The molecule has 1 N–H and O–H groups in total. The van der Waals surface area contributed by atoms with E-state index in [2.05, 4.69) is 39.1 Å². The van der Waals surface area contributed by atoms with E-state index in [1.807, 2.05) is 19.9 Å². The van der Waals surface area contributed by atoms with Crippen LogP contribution < -0.4 is 5.32 Å². The summed E-state index contributed by atoms with van der Waals surface area (Å²) < 4.78 is 0. The van der Waals surface area contributed by atoms with E-state index in [1.54, 1.807) is 6.20 Å². The van der Waals surface area contributed by atoms with Gasteiger partial charge in [0.15, 0.2) is 5.16 Å². The van der Waals surface area contributed by atoms with Gasteiger partial charge in [0.2, 0.25) is 0 Å². The van der Waals surface area contributed by atoms with Crippen LogP contribution in [0.25, 0.3) is 0 Å². The first-order valence-corrected chi connectivity index (χ1v) is 7.54. The number of hydrogen-bond acceptors (Lipinski definition) is 6. The Bertz CT molecular complexity index is 600. The molecule has 106 valence electrons. The van der Waals surface area contributed by atoms with Gasteiger partial charge in [-0.05, 0) is 38.6 Å². The average Bonchev–Trinajstić information content (AvgIpc) is 2.43. The molecule has 2 aromatic rings. The summed E-state index contributed by atoms with van der Waals surface area (Å²) in [5, 5.41) is 4.92. The predicted molar refractivity (Wildman–Crippen MR) is 81.2 cm³/mol. The molecule has 0 spiro atoms. The second-order valence-electron chi connectivity index (χ2n) is 4.39. The van der Waals surface area contributed by atoms with Gasteiger partial charge in [-0.2, -0.15) is 0 Å². The van der Waals surface area contributed by atoms with E-state index >= 15 is 0 Å². The Labute approximate surface area is 123 Å². The minimum Gasteiger partial charge on any atom is -0.370 e. The molecule has 0 amide bonds. The van der Waals surface area contributed by atoms with Gasteiger partial charge < -0.3 is 5.32 Å². The van der Waals surface area contributed by atoms with Crippen molar-refractivity contribution in [2.75, 3.05) is 11.9 Å². The number of nitrogens with one attached hydrogen (secondary N) is 1. The summed E-state index contributed by atoms with van der Waals surface area (Å²) in [7, 11) is 0. The van der Waals surface area contributed by atoms with Gasteiger partial charge in [0.1, 0.15) is 16.7 Å². The summed E-state index contributed by atoms with van der Waals surface area (Å²) in [6, 6.07) is 1.89. The summed E-state index contributed by atoms with van der Waals surface area (Å²) in [5.41, 5.74) is 2.00. The molecule has 2 rings (SSSR count). The SMILES string of the molecule is CCNc1nc(CC)nc(Sc2nccc(C)n2)c1C. The van der Waals surface area contributed by atoms with E-state index in [1.165, 1.54) is 11.8 Å². The molecule has 0 saturated carbocycles. The molecule has 20 heavy (non-hydrogen) atoms. The highest BCUT2D eigenvalue weighted by atomic mass is 32.2. The van der Waals surface area contributed by atoms with E-state index in [9.17, 15) is 0 Å². The third-order valence-corrected chi connectivity index (χ3v) is 3.74. The molecule has 0 saturated heterocycles. The van der Waals surface area contributed by atoms with Crippen LogP contribution in [-0.2, 0) is 6.42 Å². The maximum absolute atomic E-state index is 4.59. The zero-order chi connectivity index (χ0) is 14.5. The number of aryl methyl sites for hydroxylation is 2. The van der Waals surface area contributed by atoms with E-state index < -0.39 is 0 Å². The molecule has 0 aromatic carbocycles. The second-order valence-corrected chi connectivity index (χ2v) is 5.34. The van der Waals surface area contributed by atoms with Crippen molar-refractivity contribution in [2.24, 2.45) is 0 Å². The quantitative estimate of drug-likeness (QED) is 0.674. The van der Waals surface area contributed by atoms with Crippen LogP contribution >= 0.6 is 11.8 Å². The van der Waals surface area contributed by atoms with Gasteiger partial charge in [-0.1, -0.05) is 6.92 Å². The van der Waals surface area contributed by atoms with Gasteiger partial charge in [-0.3, -0.25) is 0 Å². The first kappa shape index (κ1) is 14.7. The summed E-state index contributed by atoms with van der Waals surface area (Å²) >= 11 is 1.48. The molecular weight excluding hydrogens is 270 g/mol. The summed E-state index contributed by atoms with van der Waals surface area (Å²) in [4.78, 5) is 17.8. The zero-order valence-corrected chi connectivity index (χ0v) is 13.1. The van der Waals surface area contributed by atoms with E-state index in [-0.39, 0.29) is 0 Å². The lowest BCUT2D eigenvalue weighted by molar-refractivity contribution is 0.862. The molecule has 0 fully saturated rings. The number of anilines is 1. The van der Waals surface area contributed by atoms with Gasteiger partial charge >= 0.3 is 0 Å². The van der Waals surface area contributed by atoms with Gasteiger partial charge in [0.25, 0.3) is 0 Å². The second kappa shape index (κ2) is 6.65. The van der Waals surface area contributed by atoms with Crippen LogP contribution in [0.1, 0.15) is 30.9 Å². The van der Waals surface area contributed by atoms with Crippen LogP contribution in [0.4, 0.5) is 5.82 Å². The van der Waals surface area contributed by atoms with Crippen molar-refractivity contribution in [3.63, 3.8) is 0 Å². The number of nitrogens with zero attached hydrogens (tertiary/aromatic N) is 4. The topological polar surface area (TPSA) is 63.6 Å². The Morgan fingerprint density at radius 1 is 1.15 bits per heavy atom. The predicted octanol–water partition coefficient (Wildman–Crippen LogP) is 3.03. The fourth-order valence-electron chi connectivity index (χ4n) is 1.70. The highest BCUT2D eigenvalue weighted by Crippen LogP contribution is 2.29. The largest absolute Gasteiger partial charge is 0.370 e. The van der Waals surface area contributed by atoms with Crippen molar-refractivity contribution in [3.05, 3.63) is 29.3 Å². The van der Waals surface area contributed by atoms with Crippen molar-refractivity contribution < 1.29 is 0 Å². The van der Waals surface area contributed by atoms with E-state index in [4.69, 9.17) is 0 Å². The fourth-order valence-corrected chi connectivity index (χ4v) is 2.58. The van der Waals surface area contributed by atoms with Gasteiger partial charge in [0, 0.05) is 30.4 Å². The molecule has 0 atom stereocenters. The van der Waals surface area contributed by atoms with Gasteiger partial charge in [-0.15, -0.1) is 0 Å². The smallest absolute Gasteiger partial charge is 0.194 e. The molecule has 0 unspecified atom stereocenters. The Balaban J connectivity index is 2.37. The standard InChI is InChI=1S/C14H19N5S/c1-5-11-18-12(15-6-2)10(4)13(19-11)20-14-16-8-7-9(3)17-14/h7-8H,5-6H2,1-4H3,(H,15,18,19). The van der Waals surface area contributed by atoms with E-state index in [0.29, 0.717) is 0 Å². The van der Waals surface area contributed by atoms with E-state index in [0.717, 1.165) is 46.0 Å². The van der Waals surface area contributed by atoms with Crippen molar-refractivity contribution in [2.45, 2.75) is 44.3 Å². The fraction of sp³-hybridized carbons (Fsp3) is 0.429. The van der Waals surface area contributed by atoms with Crippen molar-refractivity contribution in [1.82, 2.24) is 19.9 Å². The molecule has 2 aromatic heterocycles. The maximum atomic E-state index is 4.59. The van der Waals surface area contributed by atoms with Crippen LogP contribution in [0, 0.1) is 13.8 Å². The van der Waals surface area contributed by atoms with Gasteiger partial charge in [-0.25, -0.2) is 19.9 Å². The lowest BCUT2D eigenvalue weighted by atomic mass is 10.3. The number of hydrogen-bond donors (Lipinski definition) is 1. The Morgan fingerprint density at radius 3 is 2.60 bits per heavy atom. The number of aromatic nitrogens is 4. The van der Waals surface area contributed by atoms with Gasteiger partial charge in [0.05, 0.1) is 0 Å². The molecule has 0 bridgehead atoms. The minimum absolute atomic E-state index is 0.719. The molecule has 2 heterocycles. The maximum Gasteiger partial charge on any atom is 0.194 e. The van der Waals surface area contributed by atoms with Crippen LogP contribution in [0.2, 0.25) is 0 Å². The van der Waals surface area contributed by atoms with Crippen LogP contribution in [0.5, 0.6) is 0 Å². The Morgan fingerprint density at radius 2 is 1.95 bits per heavy atom. The first-order chi connectivity index (χ1) is 9.63. The number of rotatable bonds is 5. The third-order valence-electron chi connectivity index (χ3n) is 2.77. The van der Waals surface area contributed by atoms with Crippen molar-refractivity contribution >= 4 is 17.6 Å². The average molecular weight is 289 g/mol. The lowest BCUT2D eigenvalue weighted by Gasteiger charge is -2.11. The molecule has 0 aliphatic carbocycles. The minimum atomic E-state index is 0.719. The molecule has 0 aliphatic heterocycles.